The maximum absolute atomic E-state index is 13.5. The number of halogens is 2. The molecule has 6 heteroatoms. The predicted molar refractivity (Wildman–Crippen MR) is 133 cm³/mol. The van der Waals surface area contributed by atoms with E-state index in [9.17, 15) is 13.6 Å². The van der Waals surface area contributed by atoms with Crippen LogP contribution in [0.1, 0.15) is 42.0 Å². The Morgan fingerprint density at radius 3 is 2.14 bits per heavy atom. The molecule has 0 aromatic heterocycles. The average Bonchev–Trinajstić information content (AvgIpc) is 3.32. The second-order valence-electron chi connectivity index (χ2n) is 9.47. The number of hydrogen-bond acceptors (Lipinski definition) is 3. The quantitative estimate of drug-likeness (QED) is 0.467. The molecule has 0 spiro atoms. The molecule has 2 heterocycles. The normalized spacial score (nSPS) is 19.1. The minimum Gasteiger partial charge on any atom is -0.294 e. The van der Waals surface area contributed by atoms with Crippen LogP contribution in [0.3, 0.4) is 0 Å². The SMILES string of the molecule is O=C(CN1CCC(Cc2ccccc2)CC1)N1N=C(c2ccc(F)cc2)C[C@@H]1c1ccc(F)cc1. The van der Waals surface area contributed by atoms with Gasteiger partial charge in [-0.25, -0.2) is 13.8 Å². The first-order valence-electron chi connectivity index (χ1n) is 12.2. The number of amides is 1. The van der Waals surface area contributed by atoms with Crippen LogP contribution >= 0.6 is 0 Å². The Bertz CT molecular complexity index is 1170. The number of rotatable bonds is 6. The van der Waals surface area contributed by atoms with Gasteiger partial charge in [-0.05, 0) is 79.2 Å². The number of carbonyl (C=O) groups is 1. The van der Waals surface area contributed by atoms with Gasteiger partial charge < -0.3 is 0 Å². The van der Waals surface area contributed by atoms with Crippen LogP contribution < -0.4 is 0 Å². The van der Waals surface area contributed by atoms with E-state index in [2.05, 4.69) is 34.3 Å². The zero-order valence-corrected chi connectivity index (χ0v) is 19.6. The lowest BCUT2D eigenvalue weighted by molar-refractivity contribution is -0.134. The van der Waals surface area contributed by atoms with Gasteiger partial charge in [0.15, 0.2) is 0 Å². The molecular weight excluding hydrogens is 444 g/mol. The van der Waals surface area contributed by atoms with Crippen molar-refractivity contribution in [1.29, 1.82) is 0 Å². The third kappa shape index (κ3) is 5.65. The van der Waals surface area contributed by atoms with Gasteiger partial charge in [0.1, 0.15) is 11.6 Å². The van der Waals surface area contributed by atoms with Gasteiger partial charge in [0.2, 0.25) is 0 Å². The fourth-order valence-electron chi connectivity index (χ4n) is 5.06. The van der Waals surface area contributed by atoms with Crippen molar-refractivity contribution >= 4 is 11.6 Å². The van der Waals surface area contributed by atoms with Crippen molar-refractivity contribution in [2.75, 3.05) is 19.6 Å². The molecule has 0 aliphatic carbocycles. The van der Waals surface area contributed by atoms with Gasteiger partial charge in [0.05, 0.1) is 18.3 Å². The molecule has 1 atom stereocenters. The number of likely N-dealkylation sites (tertiary alicyclic amines) is 1. The Balaban J connectivity index is 1.26. The molecule has 0 N–H and O–H groups in total. The van der Waals surface area contributed by atoms with Crippen molar-refractivity contribution < 1.29 is 13.6 Å². The molecule has 2 aliphatic heterocycles. The Kier molecular flexibility index (Phi) is 7.00. The highest BCUT2D eigenvalue weighted by Gasteiger charge is 2.34. The van der Waals surface area contributed by atoms with Crippen LogP contribution in [0.25, 0.3) is 0 Å². The second-order valence-corrected chi connectivity index (χ2v) is 9.47. The maximum atomic E-state index is 13.5. The van der Waals surface area contributed by atoms with Crippen molar-refractivity contribution in [3.05, 3.63) is 107 Å². The summed E-state index contributed by atoms with van der Waals surface area (Å²) in [5.41, 5.74) is 3.72. The Labute approximate surface area is 204 Å². The molecule has 35 heavy (non-hydrogen) atoms. The molecule has 1 saturated heterocycles. The summed E-state index contributed by atoms with van der Waals surface area (Å²) in [7, 11) is 0. The highest BCUT2D eigenvalue weighted by atomic mass is 19.1. The van der Waals surface area contributed by atoms with Crippen LogP contribution in [0, 0.1) is 17.6 Å². The van der Waals surface area contributed by atoms with E-state index in [1.54, 1.807) is 29.3 Å². The smallest absolute Gasteiger partial charge is 0.257 e. The maximum Gasteiger partial charge on any atom is 0.257 e. The van der Waals surface area contributed by atoms with Gasteiger partial charge >= 0.3 is 0 Å². The first-order chi connectivity index (χ1) is 17.0. The number of nitrogens with zero attached hydrogens (tertiary/aromatic N) is 3. The van der Waals surface area contributed by atoms with E-state index in [1.165, 1.54) is 29.8 Å². The van der Waals surface area contributed by atoms with Gasteiger partial charge in [-0.2, -0.15) is 5.10 Å². The van der Waals surface area contributed by atoms with Crippen molar-refractivity contribution in [3.63, 3.8) is 0 Å². The largest absolute Gasteiger partial charge is 0.294 e. The molecular formula is C29H29F2N3O. The minimum absolute atomic E-state index is 0.0713. The number of hydrazone groups is 1. The fraction of sp³-hybridized carbons (Fsp3) is 0.310. The second kappa shape index (κ2) is 10.5. The van der Waals surface area contributed by atoms with E-state index in [4.69, 9.17) is 0 Å². The summed E-state index contributed by atoms with van der Waals surface area (Å²) in [6.45, 7) is 2.07. The van der Waals surface area contributed by atoms with Crippen LogP contribution in [0.2, 0.25) is 0 Å². The Morgan fingerprint density at radius 1 is 0.857 bits per heavy atom. The van der Waals surface area contributed by atoms with Gasteiger partial charge in [0.25, 0.3) is 5.91 Å². The first-order valence-corrected chi connectivity index (χ1v) is 12.2. The molecule has 1 amide bonds. The summed E-state index contributed by atoms with van der Waals surface area (Å²) in [5.74, 6) is -0.0720. The van der Waals surface area contributed by atoms with Crippen LogP contribution in [-0.2, 0) is 11.2 Å². The van der Waals surface area contributed by atoms with Crippen LogP contribution in [0.15, 0.2) is 84.0 Å². The van der Waals surface area contributed by atoms with Crippen LogP contribution in [-0.4, -0.2) is 41.2 Å². The van der Waals surface area contributed by atoms with E-state index in [0.717, 1.165) is 49.2 Å². The van der Waals surface area contributed by atoms with Crippen molar-refractivity contribution in [1.82, 2.24) is 9.91 Å². The zero-order chi connectivity index (χ0) is 24.2. The van der Waals surface area contributed by atoms with Crippen LogP contribution in [0.4, 0.5) is 8.78 Å². The van der Waals surface area contributed by atoms with Gasteiger partial charge in [0, 0.05) is 6.42 Å². The highest BCUT2D eigenvalue weighted by Crippen LogP contribution is 2.33. The number of hydrogen-bond donors (Lipinski definition) is 0. The molecule has 0 radical (unpaired) electrons. The minimum atomic E-state index is -0.317. The first kappa shape index (κ1) is 23.4. The van der Waals surface area contributed by atoms with Crippen molar-refractivity contribution in [2.45, 2.75) is 31.7 Å². The molecule has 3 aromatic rings. The van der Waals surface area contributed by atoms with Gasteiger partial charge in [-0.15, -0.1) is 0 Å². The van der Waals surface area contributed by atoms with E-state index >= 15 is 0 Å². The van der Waals surface area contributed by atoms with Gasteiger partial charge in [-0.1, -0.05) is 54.6 Å². The summed E-state index contributed by atoms with van der Waals surface area (Å²) < 4.78 is 27.0. The van der Waals surface area contributed by atoms with E-state index in [0.29, 0.717) is 18.9 Å². The number of benzene rings is 3. The lowest BCUT2D eigenvalue weighted by Crippen LogP contribution is -2.42. The summed E-state index contributed by atoms with van der Waals surface area (Å²) >= 11 is 0. The Hall–Kier alpha value is -3.38. The lowest BCUT2D eigenvalue weighted by atomic mass is 9.90. The molecule has 0 unspecified atom stereocenters. The Morgan fingerprint density at radius 2 is 1.49 bits per heavy atom. The number of carbonyl (C=O) groups excluding carboxylic acids is 1. The monoisotopic (exact) mass is 473 g/mol. The predicted octanol–water partition coefficient (Wildman–Crippen LogP) is 5.60. The summed E-state index contributed by atoms with van der Waals surface area (Å²) in [6, 6.07) is 22.6. The molecule has 0 bridgehead atoms. The lowest BCUT2D eigenvalue weighted by Gasteiger charge is -2.33. The van der Waals surface area contributed by atoms with E-state index < -0.39 is 0 Å². The third-order valence-corrected chi connectivity index (χ3v) is 7.03. The van der Waals surface area contributed by atoms with E-state index in [1.807, 2.05) is 6.07 Å². The summed E-state index contributed by atoms with van der Waals surface area (Å²) in [5, 5.41) is 6.21. The summed E-state index contributed by atoms with van der Waals surface area (Å²) in [6.07, 6.45) is 3.70. The average molecular weight is 474 g/mol. The molecule has 5 rings (SSSR count). The molecule has 1 fully saturated rings. The molecule has 0 saturated carbocycles. The van der Waals surface area contributed by atoms with Crippen molar-refractivity contribution in [2.24, 2.45) is 11.0 Å². The summed E-state index contributed by atoms with van der Waals surface area (Å²) in [4.78, 5) is 15.6. The number of piperidine rings is 1. The fourth-order valence-corrected chi connectivity index (χ4v) is 5.06. The topological polar surface area (TPSA) is 35.9 Å². The third-order valence-electron chi connectivity index (χ3n) is 7.03. The molecule has 2 aliphatic rings. The molecule has 3 aromatic carbocycles. The van der Waals surface area contributed by atoms with Gasteiger partial charge in [-0.3, -0.25) is 9.69 Å². The van der Waals surface area contributed by atoms with Crippen LogP contribution in [0.5, 0.6) is 0 Å². The molecule has 180 valence electrons. The highest BCUT2D eigenvalue weighted by molar-refractivity contribution is 6.03. The van der Waals surface area contributed by atoms with E-state index in [-0.39, 0.29) is 23.6 Å². The molecule has 4 nitrogen and oxygen atoms in total. The van der Waals surface area contributed by atoms with Crippen molar-refractivity contribution in [3.8, 4) is 0 Å². The standard InChI is InChI=1S/C29H29F2N3O/c30-25-10-6-23(7-11-25)27-19-28(24-8-12-26(31)13-9-24)34(32-27)29(35)20-33-16-14-22(15-17-33)18-21-4-2-1-3-5-21/h1-13,22,28H,14-20H2/t28-/m1/s1. The zero-order valence-electron chi connectivity index (χ0n) is 19.6.